The second kappa shape index (κ2) is 9.10. The van der Waals surface area contributed by atoms with Crippen molar-refractivity contribution < 1.29 is 9.53 Å². The summed E-state index contributed by atoms with van der Waals surface area (Å²) in [7, 11) is 0. The minimum Gasteiger partial charge on any atom is -0.458 e. The Bertz CT molecular complexity index is 722. The molecule has 0 spiro atoms. The van der Waals surface area contributed by atoms with Crippen LogP contribution in [0.4, 0.5) is 0 Å². The van der Waals surface area contributed by atoms with Gasteiger partial charge in [-0.05, 0) is 110 Å². The standard InChI is InChI=1S/C30H50O2/c1-19(2)20(3)8-9-21(4)26-12-13-27-25-11-10-23-18-24(32-22(5)31)14-16-29(23,6)28(25)15-17-30(26,27)7/h18-21,24-28H,8-17H2,1-7H3. The lowest BCUT2D eigenvalue weighted by Crippen LogP contribution is -2.51. The van der Waals surface area contributed by atoms with Gasteiger partial charge in [-0.3, -0.25) is 4.79 Å². The van der Waals surface area contributed by atoms with Crippen LogP contribution in [0, 0.1) is 52.3 Å². The molecule has 0 aliphatic heterocycles. The quantitative estimate of drug-likeness (QED) is 0.306. The van der Waals surface area contributed by atoms with Crippen LogP contribution in [0.15, 0.2) is 11.6 Å². The van der Waals surface area contributed by atoms with Crippen molar-refractivity contribution in [2.45, 2.75) is 119 Å². The molecule has 32 heavy (non-hydrogen) atoms. The Morgan fingerprint density at radius 1 is 1.00 bits per heavy atom. The van der Waals surface area contributed by atoms with Crippen molar-refractivity contribution in [1.29, 1.82) is 0 Å². The Labute approximate surface area is 198 Å². The van der Waals surface area contributed by atoms with Crippen molar-refractivity contribution >= 4 is 5.97 Å². The lowest BCUT2D eigenvalue weighted by Gasteiger charge is -2.59. The van der Waals surface area contributed by atoms with Crippen molar-refractivity contribution in [2.24, 2.45) is 52.3 Å². The van der Waals surface area contributed by atoms with Gasteiger partial charge < -0.3 is 4.74 Å². The smallest absolute Gasteiger partial charge is 0.303 e. The van der Waals surface area contributed by atoms with Gasteiger partial charge in [0, 0.05) is 6.92 Å². The highest BCUT2D eigenvalue weighted by atomic mass is 16.5. The topological polar surface area (TPSA) is 26.3 Å². The maximum Gasteiger partial charge on any atom is 0.303 e. The number of hydrogen-bond acceptors (Lipinski definition) is 2. The second-order valence-electron chi connectivity index (χ2n) is 13.2. The minimum atomic E-state index is -0.133. The van der Waals surface area contributed by atoms with Crippen LogP contribution in [0.1, 0.15) is 113 Å². The fraction of sp³-hybridized carbons (Fsp3) is 0.900. The monoisotopic (exact) mass is 442 g/mol. The molecule has 0 radical (unpaired) electrons. The Kier molecular flexibility index (Phi) is 6.92. The first-order chi connectivity index (χ1) is 15.1. The number of fused-ring (bicyclic) bond motifs is 5. The van der Waals surface area contributed by atoms with E-state index in [0.29, 0.717) is 10.8 Å². The Hall–Kier alpha value is -0.790. The molecule has 0 saturated heterocycles. The molecular formula is C30H50O2. The largest absolute Gasteiger partial charge is 0.458 e. The van der Waals surface area contributed by atoms with Gasteiger partial charge in [0.25, 0.3) is 0 Å². The second-order valence-corrected chi connectivity index (χ2v) is 13.2. The molecule has 0 aromatic heterocycles. The Morgan fingerprint density at radius 2 is 1.75 bits per heavy atom. The summed E-state index contributed by atoms with van der Waals surface area (Å²) in [6.45, 7) is 16.6. The van der Waals surface area contributed by atoms with Crippen LogP contribution in [0.5, 0.6) is 0 Å². The summed E-state index contributed by atoms with van der Waals surface area (Å²) >= 11 is 0. The van der Waals surface area contributed by atoms with E-state index in [4.69, 9.17) is 4.74 Å². The summed E-state index contributed by atoms with van der Waals surface area (Å²) in [6, 6.07) is 0. The number of esters is 1. The van der Waals surface area contributed by atoms with Gasteiger partial charge in [-0.15, -0.1) is 0 Å². The fourth-order valence-corrected chi connectivity index (χ4v) is 9.04. The third-order valence-corrected chi connectivity index (χ3v) is 11.4. The predicted molar refractivity (Wildman–Crippen MR) is 133 cm³/mol. The average Bonchev–Trinajstić information content (AvgIpc) is 3.08. The van der Waals surface area contributed by atoms with E-state index >= 15 is 0 Å². The van der Waals surface area contributed by atoms with Crippen molar-refractivity contribution in [2.75, 3.05) is 0 Å². The van der Waals surface area contributed by atoms with E-state index < -0.39 is 0 Å². The molecule has 4 rings (SSSR count). The van der Waals surface area contributed by atoms with Gasteiger partial charge in [0.1, 0.15) is 6.10 Å². The van der Waals surface area contributed by atoms with Crippen LogP contribution in [0.2, 0.25) is 0 Å². The highest BCUT2D eigenvalue weighted by Crippen LogP contribution is 2.67. The van der Waals surface area contributed by atoms with Crippen molar-refractivity contribution in [3.8, 4) is 0 Å². The van der Waals surface area contributed by atoms with Gasteiger partial charge in [0.15, 0.2) is 0 Å². The lowest BCUT2D eigenvalue weighted by molar-refractivity contribution is -0.145. The van der Waals surface area contributed by atoms with Crippen molar-refractivity contribution in [3.05, 3.63) is 11.6 Å². The summed E-state index contributed by atoms with van der Waals surface area (Å²) < 4.78 is 5.59. The molecule has 2 heteroatoms. The van der Waals surface area contributed by atoms with E-state index in [-0.39, 0.29) is 12.1 Å². The van der Waals surface area contributed by atoms with E-state index in [1.807, 2.05) is 0 Å². The molecule has 182 valence electrons. The molecule has 3 fully saturated rings. The molecule has 2 nitrogen and oxygen atoms in total. The van der Waals surface area contributed by atoms with Gasteiger partial charge in [-0.25, -0.2) is 0 Å². The first-order valence-corrected chi connectivity index (χ1v) is 13.9. The number of hydrogen-bond donors (Lipinski definition) is 0. The van der Waals surface area contributed by atoms with E-state index in [0.717, 1.165) is 47.8 Å². The SMILES string of the molecule is CC(=O)OC1C=C2CCC3C(CCC4(C)C(C(C)CCC(C)C(C)C)CCC34)C2(C)CC1. The Balaban J connectivity index is 1.47. The Morgan fingerprint density at radius 3 is 2.44 bits per heavy atom. The van der Waals surface area contributed by atoms with Crippen LogP contribution in [-0.2, 0) is 9.53 Å². The van der Waals surface area contributed by atoms with E-state index in [1.54, 1.807) is 12.5 Å². The summed E-state index contributed by atoms with van der Waals surface area (Å²) in [4.78, 5) is 11.5. The summed E-state index contributed by atoms with van der Waals surface area (Å²) in [5, 5.41) is 0. The highest BCUT2D eigenvalue weighted by molar-refractivity contribution is 5.66. The summed E-state index contributed by atoms with van der Waals surface area (Å²) in [5.41, 5.74) is 2.52. The molecule has 0 N–H and O–H groups in total. The zero-order valence-electron chi connectivity index (χ0n) is 22.1. The van der Waals surface area contributed by atoms with Gasteiger partial charge in [0.2, 0.25) is 0 Å². The molecule has 4 aliphatic rings. The summed E-state index contributed by atoms with van der Waals surface area (Å²) in [5.74, 6) is 6.01. The van der Waals surface area contributed by atoms with Crippen LogP contribution >= 0.6 is 0 Å². The van der Waals surface area contributed by atoms with Crippen molar-refractivity contribution in [1.82, 2.24) is 0 Å². The first kappa shape index (κ1) is 24.3. The number of allylic oxidation sites excluding steroid dienone is 1. The molecule has 0 aromatic carbocycles. The van der Waals surface area contributed by atoms with Gasteiger partial charge >= 0.3 is 5.97 Å². The van der Waals surface area contributed by atoms with Crippen LogP contribution in [0.25, 0.3) is 0 Å². The summed E-state index contributed by atoms with van der Waals surface area (Å²) in [6.07, 6.45) is 15.8. The van der Waals surface area contributed by atoms with Crippen molar-refractivity contribution in [3.63, 3.8) is 0 Å². The van der Waals surface area contributed by atoms with Crippen LogP contribution < -0.4 is 0 Å². The van der Waals surface area contributed by atoms with E-state index in [1.165, 1.54) is 57.8 Å². The van der Waals surface area contributed by atoms with Crippen LogP contribution in [0.3, 0.4) is 0 Å². The maximum absolute atomic E-state index is 11.5. The molecule has 9 unspecified atom stereocenters. The number of ether oxygens (including phenoxy) is 1. The molecule has 0 aromatic rings. The zero-order valence-corrected chi connectivity index (χ0v) is 22.1. The van der Waals surface area contributed by atoms with Gasteiger partial charge in [-0.2, -0.15) is 0 Å². The van der Waals surface area contributed by atoms with E-state index in [9.17, 15) is 4.79 Å². The number of rotatable bonds is 6. The average molecular weight is 443 g/mol. The van der Waals surface area contributed by atoms with Crippen LogP contribution in [-0.4, -0.2) is 12.1 Å². The highest BCUT2D eigenvalue weighted by Gasteiger charge is 2.59. The molecule has 0 bridgehead atoms. The molecule has 3 saturated carbocycles. The number of carbonyl (C=O) groups excluding carboxylic acids is 1. The predicted octanol–water partition coefficient (Wildman–Crippen LogP) is 8.21. The number of carbonyl (C=O) groups is 1. The van der Waals surface area contributed by atoms with E-state index in [2.05, 4.69) is 47.6 Å². The molecule has 0 heterocycles. The normalized spacial score (nSPS) is 43.0. The molecule has 4 aliphatic carbocycles. The first-order valence-electron chi connectivity index (χ1n) is 13.9. The molecule has 9 atom stereocenters. The van der Waals surface area contributed by atoms with Gasteiger partial charge in [0.05, 0.1) is 0 Å². The zero-order chi connectivity index (χ0) is 23.3. The minimum absolute atomic E-state index is 0.0194. The molecule has 0 amide bonds. The fourth-order valence-electron chi connectivity index (χ4n) is 9.04. The molecular weight excluding hydrogens is 392 g/mol. The lowest BCUT2D eigenvalue weighted by atomic mass is 9.46. The maximum atomic E-state index is 11.5. The van der Waals surface area contributed by atoms with Gasteiger partial charge in [-0.1, -0.05) is 60.0 Å². The third kappa shape index (κ3) is 4.22. The third-order valence-electron chi connectivity index (χ3n) is 11.4.